The molecular formula is C22H27N3O5S. The summed E-state index contributed by atoms with van der Waals surface area (Å²) in [5.74, 6) is 0.902. The Morgan fingerprint density at radius 3 is 2.29 bits per heavy atom. The summed E-state index contributed by atoms with van der Waals surface area (Å²) in [6.45, 7) is 2.35. The van der Waals surface area contributed by atoms with Crippen LogP contribution in [0.2, 0.25) is 0 Å². The van der Waals surface area contributed by atoms with Crippen molar-refractivity contribution in [1.82, 2.24) is 9.21 Å². The first-order chi connectivity index (χ1) is 14.8. The third-order valence-corrected chi connectivity index (χ3v) is 6.99. The molecule has 8 nitrogen and oxygen atoms in total. The lowest BCUT2D eigenvalue weighted by Crippen LogP contribution is -2.46. The Morgan fingerprint density at radius 1 is 1.00 bits per heavy atom. The van der Waals surface area contributed by atoms with Gasteiger partial charge in [-0.2, -0.15) is 4.31 Å². The van der Waals surface area contributed by atoms with E-state index in [1.54, 1.807) is 50.6 Å². The first kappa shape index (κ1) is 22.8. The molecule has 0 radical (unpaired) electrons. The number of carbonyl (C=O) groups is 1. The Kier molecular flexibility index (Phi) is 7.32. The fourth-order valence-electron chi connectivity index (χ4n) is 3.19. The van der Waals surface area contributed by atoms with Gasteiger partial charge in [0, 0.05) is 49.6 Å². The number of hydrogen-bond donors (Lipinski definition) is 1. The van der Waals surface area contributed by atoms with Crippen molar-refractivity contribution in [3.8, 4) is 11.5 Å². The smallest absolute Gasteiger partial charge is 0.248 e. The molecule has 1 amide bonds. The summed E-state index contributed by atoms with van der Waals surface area (Å²) in [5.41, 5.74) is 1.24. The number of sulfonamides is 1. The van der Waals surface area contributed by atoms with Gasteiger partial charge in [0.2, 0.25) is 15.9 Å². The van der Waals surface area contributed by atoms with Gasteiger partial charge in [-0.3, -0.25) is 4.79 Å². The topological polar surface area (TPSA) is 88.2 Å². The average molecular weight is 446 g/mol. The van der Waals surface area contributed by atoms with Crippen molar-refractivity contribution in [3.05, 3.63) is 54.1 Å². The number of amides is 1. The van der Waals surface area contributed by atoms with Crippen molar-refractivity contribution in [3.63, 3.8) is 0 Å². The zero-order valence-corrected chi connectivity index (χ0v) is 18.7. The zero-order chi connectivity index (χ0) is 22.4. The number of benzene rings is 2. The van der Waals surface area contributed by atoms with Gasteiger partial charge in [-0.1, -0.05) is 0 Å². The number of likely N-dealkylation sites (N-methyl/N-ethyl adjacent to an activating group) is 1. The molecule has 1 heterocycles. The fourth-order valence-corrected chi connectivity index (χ4v) is 4.62. The third-order valence-electron chi connectivity index (χ3n) is 5.08. The molecule has 2 aromatic carbocycles. The van der Waals surface area contributed by atoms with Gasteiger partial charge in [-0.25, -0.2) is 8.42 Å². The van der Waals surface area contributed by atoms with E-state index in [2.05, 4.69) is 10.2 Å². The summed E-state index contributed by atoms with van der Waals surface area (Å²) in [6.07, 6.45) is 3.03. The standard InChI is InChI=1S/C22H27N3O5S/c1-24-12-14-25(15-13-24)31(27,28)20-9-6-18(7-10-20)23-22(26)11-5-17-4-8-19(29-2)16-21(17)30-3/h4-11,16H,12-15H2,1-3H3,(H,23,26)/b11-5+. The van der Waals surface area contributed by atoms with Crippen LogP contribution in [0, 0.1) is 0 Å². The number of nitrogens with zero attached hydrogens (tertiary/aromatic N) is 2. The Labute approximate surface area is 183 Å². The molecule has 0 aromatic heterocycles. The van der Waals surface area contributed by atoms with E-state index in [9.17, 15) is 13.2 Å². The molecule has 1 fully saturated rings. The van der Waals surface area contributed by atoms with Crippen LogP contribution in [0.1, 0.15) is 5.56 Å². The van der Waals surface area contributed by atoms with Crippen LogP contribution in [0.15, 0.2) is 53.4 Å². The van der Waals surface area contributed by atoms with Gasteiger partial charge in [0.05, 0.1) is 19.1 Å². The lowest BCUT2D eigenvalue weighted by molar-refractivity contribution is -0.111. The lowest BCUT2D eigenvalue weighted by atomic mass is 10.1. The van der Waals surface area contributed by atoms with Crippen LogP contribution in [-0.2, 0) is 14.8 Å². The van der Waals surface area contributed by atoms with Crippen molar-refractivity contribution >= 4 is 27.7 Å². The second kappa shape index (κ2) is 9.95. The highest BCUT2D eigenvalue weighted by molar-refractivity contribution is 7.89. The van der Waals surface area contributed by atoms with Crippen LogP contribution in [0.4, 0.5) is 5.69 Å². The second-order valence-electron chi connectivity index (χ2n) is 7.16. The van der Waals surface area contributed by atoms with E-state index in [-0.39, 0.29) is 10.8 Å². The van der Waals surface area contributed by atoms with Gasteiger partial charge in [0.1, 0.15) is 11.5 Å². The lowest BCUT2D eigenvalue weighted by Gasteiger charge is -2.31. The number of hydrogen-bond acceptors (Lipinski definition) is 6. The van der Waals surface area contributed by atoms with Gasteiger partial charge >= 0.3 is 0 Å². The molecule has 0 unspecified atom stereocenters. The highest BCUT2D eigenvalue weighted by Crippen LogP contribution is 2.25. The predicted molar refractivity (Wildman–Crippen MR) is 120 cm³/mol. The molecule has 1 N–H and O–H groups in total. The van der Waals surface area contributed by atoms with Crippen LogP contribution >= 0.6 is 0 Å². The highest BCUT2D eigenvalue weighted by atomic mass is 32.2. The Morgan fingerprint density at radius 2 is 1.68 bits per heavy atom. The summed E-state index contributed by atoms with van der Waals surface area (Å²) < 4.78 is 37.5. The number of rotatable bonds is 7. The van der Waals surface area contributed by atoms with Crippen LogP contribution in [-0.4, -0.2) is 71.0 Å². The number of nitrogens with one attached hydrogen (secondary N) is 1. The van der Waals surface area contributed by atoms with E-state index < -0.39 is 10.0 Å². The minimum absolute atomic E-state index is 0.216. The van der Waals surface area contributed by atoms with Crippen molar-refractivity contribution in [2.24, 2.45) is 0 Å². The van der Waals surface area contributed by atoms with Crippen LogP contribution < -0.4 is 14.8 Å². The van der Waals surface area contributed by atoms with E-state index in [0.717, 1.165) is 5.56 Å². The monoisotopic (exact) mass is 445 g/mol. The zero-order valence-electron chi connectivity index (χ0n) is 17.9. The summed E-state index contributed by atoms with van der Waals surface area (Å²) in [5, 5.41) is 2.73. The first-order valence-electron chi connectivity index (χ1n) is 9.83. The number of ether oxygens (including phenoxy) is 2. The summed E-state index contributed by atoms with van der Waals surface area (Å²) in [6, 6.07) is 11.5. The van der Waals surface area contributed by atoms with Crippen molar-refractivity contribution in [1.29, 1.82) is 0 Å². The minimum atomic E-state index is -3.53. The average Bonchev–Trinajstić information content (AvgIpc) is 2.78. The summed E-state index contributed by atoms with van der Waals surface area (Å²) in [7, 11) is 1.55. The largest absolute Gasteiger partial charge is 0.497 e. The predicted octanol–water partition coefficient (Wildman–Crippen LogP) is 2.29. The van der Waals surface area contributed by atoms with Crippen molar-refractivity contribution in [2.45, 2.75) is 4.90 Å². The first-order valence-corrected chi connectivity index (χ1v) is 11.3. The van der Waals surface area contributed by atoms with Gasteiger partial charge in [-0.15, -0.1) is 0 Å². The van der Waals surface area contributed by atoms with Gasteiger partial charge in [-0.05, 0) is 49.5 Å². The van der Waals surface area contributed by atoms with Crippen LogP contribution in [0.3, 0.4) is 0 Å². The minimum Gasteiger partial charge on any atom is -0.497 e. The van der Waals surface area contributed by atoms with E-state index in [0.29, 0.717) is 43.4 Å². The molecule has 1 aliphatic rings. The summed E-state index contributed by atoms with van der Waals surface area (Å²) >= 11 is 0. The quantitative estimate of drug-likeness (QED) is 0.658. The Bertz CT molecular complexity index is 1040. The molecule has 0 saturated carbocycles. The van der Waals surface area contributed by atoms with Crippen molar-refractivity contribution < 1.29 is 22.7 Å². The highest BCUT2D eigenvalue weighted by Gasteiger charge is 2.27. The maximum absolute atomic E-state index is 12.8. The SMILES string of the molecule is COc1ccc(/C=C/C(=O)Nc2ccc(S(=O)(=O)N3CCN(C)CC3)cc2)c(OC)c1. The Balaban J connectivity index is 1.64. The maximum Gasteiger partial charge on any atom is 0.248 e. The van der Waals surface area contributed by atoms with E-state index in [4.69, 9.17) is 9.47 Å². The molecule has 1 saturated heterocycles. The molecule has 0 aliphatic carbocycles. The molecule has 3 rings (SSSR count). The third kappa shape index (κ3) is 5.63. The fraction of sp³-hybridized carbons (Fsp3) is 0.318. The van der Waals surface area contributed by atoms with Gasteiger partial charge in [0.25, 0.3) is 0 Å². The molecule has 31 heavy (non-hydrogen) atoms. The van der Waals surface area contributed by atoms with Crippen LogP contribution in [0.5, 0.6) is 11.5 Å². The number of methoxy groups -OCH3 is 2. The number of anilines is 1. The Hall–Kier alpha value is -2.88. The number of piperazine rings is 1. The van der Waals surface area contributed by atoms with E-state index in [1.165, 1.54) is 22.5 Å². The van der Waals surface area contributed by atoms with Gasteiger partial charge in [0.15, 0.2) is 0 Å². The van der Waals surface area contributed by atoms with E-state index in [1.807, 2.05) is 7.05 Å². The number of carbonyl (C=O) groups excluding carboxylic acids is 1. The van der Waals surface area contributed by atoms with Gasteiger partial charge < -0.3 is 19.7 Å². The molecule has 166 valence electrons. The summed E-state index contributed by atoms with van der Waals surface area (Å²) in [4.78, 5) is 14.6. The molecular weight excluding hydrogens is 418 g/mol. The van der Waals surface area contributed by atoms with E-state index >= 15 is 0 Å². The molecule has 9 heteroatoms. The maximum atomic E-state index is 12.8. The normalized spacial score (nSPS) is 15.7. The molecule has 1 aliphatic heterocycles. The van der Waals surface area contributed by atoms with Crippen molar-refractivity contribution in [2.75, 3.05) is 52.8 Å². The molecule has 0 spiro atoms. The second-order valence-corrected chi connectivity index (χ2v) is 9.10. The van der Waals surface area contributed by atoms with Crippen LogP contribution in [0.25, 0.3) is 6.08 Å². The molecule has 2 aromatic rings. The molecule has 0 atom stereocenters. The molecule has 0 bridgehead atoms.